The van der Waals surface area contributed by atoms with Crippen molar-refractivity contribution in [2.24, 2.45) is 0 Å². The van der Waals surface area contributed by atoms with Crippen LogP contribution in [-0.2, 0) is 18.8 Å². The van der Waals surface area contributed by atoms with Crippen LogP contribution in [0.3, 0.4) is 0 Å². The Morgan fingerprint density at radius 2 is 1.33 bits per heavy atom. The Morgan fingerprint density at radius 3 is 1.70 bits per heavy atom. The lowest BCUT2D eigenvalue weighted by Crippen LogP contribution is -2.43. The largest absolute Gasteiger partial charge is 0.507 e. The highest BCUT2D eigenvalue weighted by Gasteiger charge is 2.53. The number of imide groups is 1. The van der Waals surface area contributed by atoms with Gasteiger partial charge in [0, 0.05) is 0 Å². The van der Waals surface area contributed by atoms with Crippen LogP contribution in [0.2, 0.25) is 0 Å². The Kier molecular flexibility index (Phi) is 6.40. The molecule has 0 aliphatic carbocycles. The van der Waals surface area contributed by atoms with Gasteiger partial charge in [-0.2, -0.15) is 4.90 Å². The highest BCUT2D eigenvalue weighted by atomic mass is 32.1. The summed E-state index contributed by atoms with van der Waals surface area (Å²) in [5.41, 5.74) is -2.03. The molecule has 0 radical (unpaired) electrons. The van der Waals surface area contributed by atoms with Crippen molar-refractivity contribution < 1.29 is 28.4 Å². The second-order valence-corrected chi connectivity index (χ2v) is 11.3. The van der Waals surface area contributed by atoms with Gasteiger partial charge >= 0.3 is 19.3 Å². The summed E-state index contributed by atoms with van der Waals surface area (Å²) in [5.74, 6) is 0. The molecule has 1 aromatic rings. The third-order valence-corrected chi connectivity index (χ3v) is 5.80. The molecular formula is C20H33BN2O6S. The first-order valence-corrected chi connectivity index (χ1v) is 10.7. The first-order valence-electron chi connectivity index (χ1n) is 9.92. The van der Waals surface area contributed by atoms with Crippen LogP contribution in [0, 0.1) is 6.92 Å². The van der Waals surface area contributed by atoms with E-state index in [4.69, 9.17) is 18.8 Å². The lowest BCUT2D eigenvalue weighted by Gasteiger charge is -2.32. The molecule has 1 aliphatic heterocycles. The molecule has 1 aliphatic rings. The van der Waals surface area contributed by atoms with Gasteiger partial charge in [-0.25, -0.2) is 14.6 Å². The molecule has 0 saturated carbocycles. The van der Waals surface area contributed by atoms with Gasteiger partial charge < -0.3 is 18.8 Å². The number of thiazole rings is 1. The molecule has 0 spiro atoms. The van der Waals surface area contributed by atoms with Gasteiger partial charge in [0.15, 0.2) is 0 Å². The van der Waals surface area contributed by atoms with Gasteiger partial charge in [-0.15, -0.1) is 11.3 Å². The molecule has 8 nitrogen and oxygen atoms in total. The van der Waals surface area contributed by atoms with E-state index in [0.29, 0.717) is 10.5 Å². The van der Waals surface area contributed by atoms with Crippen molar-refractivity contribution in [1.29, 1.82) is 0 Å². The van der Waals surface area contributed by atoms with Gasteiger partial charge in [0.1, 0.15) is 11.2 Å². The molecule has 1 aromatic heterocycles. The van der Waals surface area contributed by atoms with Crippen LogP contribution < -0.4 is 9.68 Å². The molecule has 30 heavy (non-hydrogen) atoms. The summed E-state index contributed by atoms with van der Waals surface area (Å²) in [4.78, 5) is 30.9. The predicted molar refractivity (Wildman–Crippen MR) is 118 cm³/mol. The molecule has 0 N–H and O–H groups in total. The normalized spacial score (nSPS) is 18.3. The number of carbonyl (C=O) groups excluding carboxylic acids is 2. The molecule has 10 heteroatoms. The average Bonchev–Trinajstić information content (AvgIpc) is 2.92. The van der Waals surface area contributed by atoms with Gasteiger partial charge in [0.25, 0.3) is 0 Å². The van der Waals surface area contributed by atoms with Gasteiger partial charge in [-0.05, 0) is 76.2 Å². The Balaban J connectivity index is 2.41. The highest BCUT2D eigenvalue weighted by molar-refractivity contribution is 7.25. The van der Waals surface area contributed by atoms with Crippen molar-refractivity contribution in [3.05, 3.63) is 5.69 Å². The maximum Gasteiger partial charge on any atom is 0.507 e. The number of nitrogens with zero attached hydrogens (tertiary/aromatic N) is 2. The fourth-order valence-corrected chi connectivity index (χ4v) is 3.51. The van der Waals surface area contributed by atoms with Crippen LogP contribution in [0.1, 0.15) is 74.9 Å². The van der Waals surface area contributed by atoms with E-state index in [1.165, 1.54) is 0 Å². The van der Waals surface area contributed by atoms with Crippen LogP contribution in [0.25, 0.3) is 0 Å². The molecule has 0 bridgehead atoms. The first kappa shape index (κ1) is 24.6. The van der Waals surface area contributed by atoms with Gasteiger partial charge in [-0.3, -0.25) is 0 Å². The van der Waals surface area contributed by atoms with E-state index in [1.807, 2.05) is 27.7 Å². The zero-order valence-corrected chi connectivity index (χ0v) is 20.6. The average molecular weight is 440 g/mol. The smallest absolute Gasteiger partial charge is 0.443 e. The molecule has 2 heterocycles. The minimum Gasteiger partial charge on any atom is -0.443 e. The van der Waals surface area contributed by atoms with Crippen LogP contribution in [0.15, 0.2) is 0 Å². The summed E-state index contributed by atoms with van der Waals surface area (Å²) in [6.07, 6.45) is -1.71. The van der Waals surface area contributed by atoms with E-state index in [-0.39, 0.29) is 5.13 Å². The lowest BCUT2D eigenvalue weighted by atomic mass is 9.86. The Morgan fingerprint density at radius 1 is 0.933 bits per heavy atom. The summed E-state index contributed by atoms with van der Waals surface area (Å²) in [5, 5.41) is 0.140. The fourth-order valence-electron chi connectivity index (χ4n) is 2.50. The first-order chi connectivity index (χ1) is 13.3. The van der Waals surface area contributed by atoms with Crippen molar-refractivity contribution in [2.75, 3.05) is 4.90 Å². The van der Waals surface area contributed by atoms with Crippen LogP contribution in [0.4, 0.5) is 14.7 Å². The Labute approximate surface area is 183 Å². The van der Waals surface area contributed by atoms with E-state index in [9.17, 15) is 9.59 Å². The number of ether oxygens (including phenoxy) is 2. The van der Waals surface area contributed by atoms with Crippen LogP contribution in [0.5, 0.6) is 0 Å². The van der Waals surface area contributed by atoms with Crippen molar-refractivity contribution >= 4 is 40.5 Å². The lowest BCUT2D eigenvalue weighted by molar-refractivity contribution is 0.00578. The standard InChI is InChI=1S/C20H33BN2O6S/c1-12-13(21-28-19(8,9)20(10,11)29-21)30-14(22-12)23(15(24)26-17(2,3)4)16(25)27-18(5,6)7/h1-11H3. The quantitative estimate of drug-likeness (QED) is 0.629. The SMILES string of the molecule is Cc1nc(N(C(=O)OC(C)(C)C)C(=O)OC(C)(C)C)sc1B1OC(C)(C)C(C)(C)O1. The summed E-state index contributed by atoms with van der Waals surface area (Å²) in [6, 6.07) is 0. The molecular weight excluding hydrogens is 407 g/mol. The monoisotopic (exact) mass is 440 g/mol. The number of carbonyl (C=O) groups is 2. The van der Waals surface area contributed by atoms with E-state index in [0.717, 1.165) is 16.2 Å². The minimum absolute atomic E-state index is 0.140. The number of amides is 2. The van der Waals surface area contributed by atoms with Gasteiger partial charge in [0.2, 0.25) is 5.13 Å². The number of aryl methyl sites for hydroxylation is 1. The molecule has 1 saturated heterocycles. The molecule has 0 aromatic carbocycles. The number of rotatable bonds is 2. The van der Waals surface area contributed by atoms with Crippen molar-refractivity contribution in [3.8, 4) is 0 Å². The minimum atomic E-state index is -0.856. The zero-order valence-electron chi connectivity index (χ0n) is 19.8. The summed E-state index contributed by atoms with van der Waals surface area (Å²) in [6.45, 7) is 19.9. The third kappa shape index (κ3) is 5.53. The summed E-state index contributed by atoms with van der Waals surface area (Å²) in [7, 11) is -0.652. The zero-order chi connectivity index (χ0) is 23.3. The second kappa shape index (κ2) is 7.80. The molecule has 0 unspecified atom stereocenters. The van der Waals surface area contributed by atoms with Crippen molar-refractivity contribution in [3.63, 3.8) is 0 Å². The van der Waals surface area contributed by atoms with Crippen molar-refractivity contribution in [2.45, 2.75) is 98.6 Å². The van der Waals surface area contributed by atoms with E-state index in [2.05, 4.69) is 4.98 Å². The summed E-state index contributed by atoms with van der Waals surface area (Å²) < 4.78 is 23.7. The number of hydrogen-bond donors (Lipinski definition) is 0. The van der Waals surface area contributed by atoms with E-state index in [1.54, 1.807) is 48.5 Å². The maximum atomic E-state index is 12.8. The fraction of sp³-hybridized carbons (Fsp3) is 0.750. The summed E-state index contributed by atoms with van der Waals surface area (Å²) >= 11 is 1.14. The molecule has 1 fully saturated rings. The maximum absolute atomic E-state index is 12.8. The van der Waals surface area contributed by atoms with Crippen LogP contribution >= 0.6 is 11.3 Å². The third-order valence-electron chi connectivity index (χ3n) is 4.63. The highest BCUT2D eigenvalue weighted by Crippen LogP contribution is 2.37. The topological polar surface area (TPSA) is 87.2 Å². The Bertz CT molecular complexity index is 778. The number of aromatic nitrogens is 1. The predicted octanol–water partition coefficient (Wildman–Crippen LogP) is 4.43. The van der Waals surface area contributed by atoms with E-state index < -0.39 is 41.7 Å². The van der Waals surface area contributed by atoms with Crippen LogP contribution in [-0.4, -0.2) is 46.7 Å². The van der Waals surface area contributed by atoms with Gasteiger partial charge in [-0.1, -0.05) is 0 Å². The second-order valence-electron chi connectivity index (χ2n) is 10.3. The Hall–Kier alpha value is -1.65. The molecule has 0 atom stereocenters. The molecule has 2 rings (SSSR count). The van der Waals surface area contributed by atoms with E-state index >= 15 is 0 Å². The van der Waals surface area contributed by atoms with Crippen molar-refractivity contribution in [1.82, 2.24) is 4.98 Å². The molecule has 168 valence electrons. The molecule has 2 amide bonds. The number of hydrogen-bond acceptors (Lipinski definition) is 8. The number of anilines is 1. The van der Waals surface area contributed by atoms with Gasteiger partial charge in [0.05, 0.1) is 21.7 Å².